The lowest BCUT2D eigenvalue weighted by atomic mass is 9.85. The van der Waals surface area contributed by atoms with E-state index in [1.807, 2.05) is 4.57 Å². The zero-order valence-corrected chi connectivity index (χ0v) is 20.9. The Morgan fingerprint density at radius 2 is 1.92 bits per heavy atom. The lowest BCUT2D eigenvalue weighted by Gasteiger charge is -2.29. The second-order valence-corrected chi connectivity index (χ2v) is 9.68. The van der Waals surface area contributed by atoms with Gasteiger partial charge in [0.25, 0.3) is 0 Å². The number of benzene rings is 1. The number of imidazole rings is 1. The number of nitrogen functional groups attached to an aromatic ring is 1. The van der Waals surface area contributed by atoms with Crippen molar-refractivity contribution >= 4 is 57.9 Å². The molecule has 3 heterocycles. The maximum Gasteiger partial charge on any atom is 0.222 e. The first-order valence-electron chi connectivity index (χ1n) is 11.7. The fourth-order valence-corrected chi connectivity index (χ4v) is 4.95. The van der Waals surface area contributed by atoms with E-state index in [9.17, 15) is 13.6 Å². The van der Waals surface area contributed by atoms with E-state index >= 15 is 0 Å². The smallest absolute Gasteiger partial charge is 0.222 e. The Hall–Kier alpha value is -2.76. The molecule has 5 rings (SSSR count). The van der Waals surface area contributed by atoms with Crippen LogP contribution in [0.15, 0.2) is 18.3 Å². The van der Waals surface area contributed by atoms with Crippen LogP contribution in [0.25, 0.3) is 11.2 Å². The summed E-state index contributed by atoms with van der Waals surface area (Å²) in [6.07, 6.45) is 5.08. The normalized spacial score (nSPS) is 22.1. The fourth-order valence-electron chi connectivity index (χ4n) is 4.43. The molecule has 0 spiro atoms. The van der Waals surface area contributed by atoms with Gasteiger partial charge in [-0.3, -0.25) is 9.36 Å². The zero-order valence-electron chi connectivity index (χ0n) is 19.4. The van der Waals surface area contributed by atoms with E-state index in [4.69, 9.17) is 39.4 Å². The van der Waals surface area contributed by atoms with Gasteiger partial charge in [-0.25, -0.2) is 18.7 Å². The lowest BCUT2D eigenvalue weighted by molar-refractivity contribution is -0.122. The third kappa shape index (κ3) is 6.13. The Morgan fingerprint density at radius 1 is 1.17 bits per heavy atom. The molecule has 1 aliphatic heterocycles. The number of nitrogens with zero attached hydrogens (tertiary/aromatic N) is 4. The van der Waals surface area contributed by atoms with Crippen LogP contribution in [-0.4, -0.2) is 44.8 Å². The number of alkyl halides is 1. The van der Waals surface area contributed by atoms with Gasteiger partial charge in [-0.05, 0) is 50.7 Å². The largest absolute Gasteiger partial charge is 0.378 e. The maximum absolute atomic E-state index is 14.5. The highest BCUT2D eigenvalue weighted by Crippen LogP contribution is 2.38. The number of amides is 1. The van der Waals surface area contributed by atoms with Crippen LogP contribution < -0.4 is 16.8 Å². The molecule has 9 nitrogen and oxygen atoms in total. The van der Waals surface area contributed by atoms with Crippen molar-refractivity contribution in [2.75, 3.05) is 24.3 Å². The SMILES string of the molecule is FC1CCCOC1.NC(=O)C1CCC(n2c(Nc3c(F)cc(Cl)cc3Cl)nc3cnc(N)nc32)CC1. The summed E-state index contributed by atoms with van der Waals surface area (Å²) in [4.78, 5) is 24.3. The van der Waals surface area contributed by atoms with Gasteiger partial charge in [0.15, 0.2) is 5.65 Å². The van der Waals surface area contributed by atoms with E-state index in [0.29, 0.717) is 55.8 Å². The molecular formula is C23H27Cl2F2N7O2. The van der Waals surface area contributed by atoms with E-state index < -0.39 is 12.0 Å². The van der Waals surface area contributed by atoms with Crippen LogP contribution in [-0.2, 0) is 9.53 Å². The predicted octanol–water partition coefficient (Wildman–Crippen LogP) is 4.95. The molecule has 1 aliphatic carbocycles. The number of rotatable bonds is 4. The molecule has 13 heteroatoms. The van der Waals surface area contributed by atoms with Crippen molar-refractivity contribution in [1.29, 1.82) is 0 Å². The highest BCUT2D eigenvalue weighted by molar-refractivity contribution is 6.36. The number of anilines is 3. The van der Waals surface area contributed by atoms with Crippen molar-refractivity contribution in [2.24, 2.45) is 11.7 Å². The number of carbonyl (C=O) groups excluding carboxylic acids is 1. The number of hydrogen-bond acceptors (Lipinski definition) is 7. The minimum atomic E-state index is -0.686. The van der Waals surface area contributed by atoms with E-state index in [2.05, 4.69) is 20.3 Å². The molecule has 194 valence electrons. The van der Waals surface area contributed by atoms with Crippen LogP contribution in [0.2, 0.25) is 10.0 Å². The van der Waals surface area contributed by atoms with Crippen LogP contribution in [0, 0.1) is 11.7 Å². The van der Waals surface area contributed by atoms with Gasteiger partial charge in [0.2, 0.25) is 17.8 Å². The number of halogens is 4. The van der Waals surface area contributed by atoms with E-state index in [1.165, 1.54) is 18.3 Å². The summed E-state index contributed by atoms with van der Waals surface area (Å²) in [5.41, 5.74) is 12.3. The maximum atomic E-state index is 14.5. The van der Waals surface area contributed by atoms with Crippen LogP contribution in [0.3, 0.4) is 0 Å². The molecule has 2 aromatic heterocycles. The van der Waals surface area contributed by atoms with Gasteiger partial charge < -0.3 is 21.5 Å². The summed E-state index contributed by atoms with van der Waals surface area (Å²) in [6.45, 7) is 1.07. The molecule has 5 N–H and O–H groups in total. The van der Waals surface area contributed by atoms with Crippen molar-refractivity contribution in [3.8, 4) is 0 Å². The molecule has 1 atom stereocenters. The monoisotopic (exact) mass is 541 g/mol. The fraction of sp³-hybridized carbons (Fsp3) is 0.478. The molecule has 1 saturated carbocycles. The molecule has 1 unspecified atom stereocenters. The van der Waals surface area contributed by atoms with Crippen LogP contribution >= 0.6 is 23.2 Å². The predicted molar refractivity (Wildman–Crippen MR) is 135 cm³/mol. The molecule has 2 fully saturated rings. The topological polar surface area (TPSA) is 134 Å². The summed E-state index contributed by atoms with van der Waals surface area (Å²) >= 11 is 12.0. The van der Waals surface area contributed by atoms with E-state index in [1.54, 1.807) is 0 Å². The number of primary amides is 1. The second-order valence-electron chi connectivity index (χ2n) is 8.83. The minimum absolute atomic E-state index is 0.0264. The van der Waals surface area contributed by atoms with Gasteiger partial charge in [-0.15, -0.1) is 0 Å². The average Bonchev–Trinajstić information content (AvgIpc) is 3.19. The number of nitrogens with one attached hydrogen (secondary N) is 1. The first kappa shape index (κ1) is 26.3. The van der Waals surface area contributed by atoms with Gasteiger partial charge >= 0.3 is 0 Å². The molecule has 0 bridgehead atoms. The zero-order chi connectivity index (χ0) is 25.8. The van der Waals surface area contributed by atoms with Gasteiger partial charge in [-0.1, -0.05) is 23.2 Å². The Labute approximate surface area is 216 Å². The Morgan fingerprint density at radius 3 is 2.50 bits per heavy atom. The number of nitrogens with two attached hydrogens (primary N) is 2. The van der Waals surface area contributed by atoms with Gasteiger partial charge in [0, 0.05) is 23.6 Å². The molecule has 36 heavy (non-hydrogen) atoms. The van der Waals surface area contributed by atoms with Crippen LogP contribution in [0.4, 0.5) is 26.4 Å². The van der Waals surface area contributed by atoms with Crippen molar-refractivity contribution < 1.29 is 18.3 Å². The standard InChI is InChI=1S/C18H18Cl2FN7O.C5H9FO/c19-9-5-11(20)14(12(21)6-9)26-18-25-13-7-24-17(23)27-16(13)28(18)10-3-1-8(2-4-10)15(22)29;6-5-2-1-3-7-4-5/h5-8,10H,1-4H2,(H2,22,29)(H,25,26)(H2,23,24,27);5H,1-4H2. The summed E-state index contributed by atoms with van der Waals surface area (Å²) in [7, 11) is 0. The van der Waals surface area contributed by atoms with Crippen molar-refractivity contribution in [3.05, 3.63) is 34.2 Å². The van der Waals surface area contributed by atoms with Gasteiger partial charge in [0.05, 0.1) is 23.5 Å². The summed E-state index contributed by atoms with van der Waals surface area (Å²) < 4.78 is 33.2. The first-order valence-corrected chi connectivity index (χ1v) is 12.4. The number of ether oxygens (including phenoxy) is 1. The Bertz CT molecular complexity index is 1210. The third-order valence-electron chi connectivity index (χ3n) is 6.26. The minimum Gasteiger partial charge on any atom is -0.378 e. The lowest BCUT2D eigenvalue weighted by Crippen LogP contribution is -2.28. The summed E-state index contributed by atoms with van der Waals surface area (Å²) in [5, 5.41) is 3.27. The van der Waals surface area contributed by atoms with Gasteiger partial charge in [-0.2, -0.15) is 4.98 Å². The van der Waals surface area contributed by atoms with Crippen LogP contribution in [0.5, 0.6) is 0 Å². The van der Waals surface area contributed by atoms with Crippen LogP contribution in [0.1, 0.15) is 44.6 Å². The molecule has 2 aliphatic rings. The molecule has 3 aromatic rings. The van der Waals surface area contributed by atoms with Crippen molar-refractivity contribution in [2.45, 2.75) is 50.7 Å². The number of aromatic nitrogens is 4. The second kappa shape index (κ2) is 11.5. The first-order chi connectivity index (χ1) is 17.2. The molecular weight excluding hydrogens is 515 g/mol. The van der Waals surface area contributed by atoms with E-state index in [0.717, 1.165) is 13.0 Å². The van der Waals surface area contributed by atoms with Crippen molar-refractivity contribution in [3.63, 3.8) is 0 Å². The molecule has 1 amide bonds. The van der Waals surface area contributed by atoms with Crippen molar-refractivity contribution in [1.82, 2.24) is 19.5 Å². The number of hydrogen-bond donors (Lipinski definition) is 3. The van der Waals surface area contributed by atoms with E-state index in [-0.39, 0.29) is 39.5 Å². The number of fused-ring (bicyclic) bond motifs is 1. The molecule has 1 saturated heterocycles. The average molecular weight is 542 g/mol. The quantitative estimate of drug-likeness (QED) is 0.425. The highest BCUT2D eigenvalue weighted by atomic mass is 35.5. The summed E-state index contributed by atoms with van der Waals surface area (Å²) in [5.74, 6) is -0.597. The molecule has 0 radical (unpaired) electrons. The Balaban J connectivity index is 0.000000375. The van der Waals surface area contributed by atoms with Gasteiger partial charge in [0.1, 0.15) is 17.5 Å². The Kier molecular flexibility index (Phi) is 8.43. The molecule has 1 aromatic carbocycles. The number of carbonyl (C=O) groups is 1. The third-order valence-corrected chi connectivity index (χ3v) is 6.78. The highest BCUT2D eigenvalue weighted by Gasteiger charge is 2.29. The summed E-state index contributed by atoms with van der Waals surface area (Å²) in [6, 6.07) is 2.58.